The Kier molecular flexibility index (Phi) is 5.74. The van der Waals surface area contributed by atoms with E-state index in [9.17, 15) is 15.0 Å². The number of unbranched alkanes of at least 4 members (excludes halogenated alkanes) is 2. The molecule has 0 unspecified atom stereocenters. The fourth-order valence-corrected chi connectivity index (χ4v) is 1.72. The molecule has 100 valence electrons. The van der Waals surface area contributed by atoms with Crippen molar-refractivity contribution in [2.45, 2.75) is 19.3 Å². The first-order valence-electron chi connectivity index (χ1n) is 5.76. The molecule has 1 amide bonds. The average molecular weight is 273 g/mol. The van der Waals surface area contributed by atoms with Gasteiger partial charge >= 0.3 is 0 Å². The molecule has 0 aromatic heterocycles. The van der Waals surface area contributed by atoms with Gasteiger partial charge in [0.15, 0.2) is 11.5 Å². The van der Waals surface area contributed by atoms with Gasteiger partial charge in [-0.1, -0.05) is 18.0 Å². The van der Waals surface area contributed by atoms with Crippen molar-refractivity contribution in [3.8, 4) is 11.5 Å². The van der Waals surface area contributed by atoms with Gasteiger partial charge in [0.05, 0.1) is 10.6 Å². The predicted molar refractivity (Wildman–Crippen MR) is 70.0 cm³/mol. The average Bonchev–Trinajstić information content (AvgIpc) is 2.35. The Morgan fingerprint density at radius 2 is 2.00 bits per heavy atom. The minimum atomic E-state index is -0.479. The summed E-state index contributed by atoms with van der Waals surface area (Å²) in [6, 6.07) is 2.59. The quantitative estimate of drug-likeness (QED) is 0.467. The van der Waals surface area contributed by atoms with Gasteiger partial charge in [0, 0.05) is 6.54 Å². The first-order chi connectivity index (χ1) is 8.57. The second-order valence-corrected chi connectivity index (χ2v) is 4.28. The van der Waals surface area contributed by atoms with Crippen LogP contribution >= 0.6 is 11.6 Å². The highest BCUT2D eigenvalue weighted by molar-refractivity contribution is 6.35. The van der Waals surface area contributed by atoms with E-state index in [0.29, 0.717) is 13.1 Å². The molecule has 1 rings (SSSR count). The van der Waals surface area contributed by atoms with Gasteiger partial charge in [0.25, 0.3) is 5.91 Å². The van der Waals surface area contributed by atoms with Crippen LogP contribution in [0.15, 0.2) is 12.1 Å². The summed E-state index contributed by atoms with van der Waals surface area (Å²) in [6.45, 7) is 1.17. The van der Waals surface area contributed by atoms with Crippen LogP contribution < -0.4 is 11.1 Å². The molecule has 5 N–H and O–H groups in total. The third-order valence-electron chi connectivity index (χ3n) is 2.51. The van der Waals surface area contributed by atoms with Crippen molar-refractivity contribution >= 4 is 17.5 Å². The summed E-state index contributed by atoms with van der Waals surface area (Å²) in [5, 5.41) is 21.1. The van der Waals surface area contributed by atoms with Crippen molar-refractivity contribution < 1.29 is 15.0 Å². The zero-order valence-electron chi connectivity index (χ0n) is 9.95. The summed E-state index contributed by atoms with van der Waals surface area (Å²) in [4.78, 5) is 11.7. The molecule has 0 saturated carbocycles. The number of benzene rings is 1. The number of nitrogens with one attached hydrogen (secondary N) is 1. The zero-order valence-corrected chi connectivity index (χ0v) is 10.7. The van der Waals surface area contributed by atoms with Crippen LogP contribution in [0.5, 0.6) is 11.5 Å². The number of aromatic hydroxyl groups is 2. The molecule has 0 atom stereocenters. The molecule has 1 aromatic rings. The van der Waals surface area contributed by atoms with E-state index in [-0.39, 0.29) is 22.2 Å². The summed E-state index contributed by atoms with van der Waals surface area (Å²) < 4.78 is 0. The molecule has 6 heteroatoms. The second-order valence-electron chi connectivity index (χ2n) is 3.90. The summed E-state index contributed by atoms with van der Waals surface area (Å²) in [6.07, 6.45) is 2.71. The first-order valence-corrected chi connectivity index (χ1v) is 6.14. The number of nitrogens with two attached hydrogens (primary N) is 1. The topological polar surface area (TPSA) is 95.6 Å². The van der Waals surface area contributed by atoms with Crippen molar-refractivity contribution in [1.29, 1.82) is 0 Å². The van der Waals surface area contributed by atoms with E-state index in [2.05, 4.69) is 5.32 Å². The monoisotopic (exact) mass is 272 g/mol. The molecule has 0 spiro atoms. The van der Waals surface area contributed by atoms with Crippen LogP contribution in [-0.2, 0) is 0 Å². The van der Waals surface area contributed by atoms with Gasteiger partial charge in [0.2, 0.25) is 0 Å². The van der Waals surface area contributed by atoms with Gasteiger partial charge < -0.3 is 21.3 Å². The van der Waals surface area contributed by atoms with Gasteiger partial charge in [-0.3, -0.25) is 4.79 Å². The number of phenols is 2. The summed E-state index contributed by atoms with van der Waals surface area (Å²) in [5.41, 5.74) is 5.50. The number of hydrogen-bond donors (Lipinski definition) is 4. The molecule has 0 radical (unpaired) electrons. The van der Waals surface area contributed by atoms with Gasteiger partial charge in [-0.15, -0.1) is 0 Å². The smallest absolute Gasteiger partial charge is 0.252 e. The molecule has 0 aliphatic heterocycles. The molecular formula is C12H17ClN2O3. The molecule has 1 aromatic carbocycles. The number of carbonyl (C=O) groups excluding carboxylic acids is 1. The number of halogens is 1. The Labute approximate surface area is 111 Å². The molecule has 0 aliphatic rings. The number of carbonyl (C=O) groups is 1. The Bertz CT molecular complexity index is 424. The highest BCUT2D eigenvalue weighted by atomic mass is 35.5. The number of amides is 1. The Balaban J connectivity index is 2.54. The Morgan fingerprint density at radius 3 is 2.67 bits per heavy atom. The fraction of sp³-hybridized carbons (Fsp3) is 0.417. The van der Waals surface area contributed by atoms with Crippen LogP contribution in [0.4, 0.5) is 0 Å². The minimum Gasteiger partial charge on any atom is -0.504 e. The molecule has 5 nitrogen and oxygen atoms in total. The lowest BCUT2D eigenvalue weighted by atomic mass is 10.1. The maximum atomic E-state index is 11.7. The molecule has 0 saturated heterocycles. The normalized spacial score (nSPS) is 10.3. The molecule has 18 heavy (non-hydrogen) atoms. The van der Waals surface area contributed by atoms with E-state index in [1.165, 1.54) is 12.1 Å². The third kappa shape index (κ3) is 3.78. The van der Waals surface area contributed by atoms with Crippen LogP contribution in [0.25, 0.3) is 0 Å². The maximum absolute atomic E-state index is 11.7. The second kappa shape index (κ2) is 7.08. The van der Waals surface area contributed by atoms with Crippen molar-refractivity contribution in [1.82, 2.24) is 5.32 Å². The van der Waals surface area contributed by atoms with E-state index >= 15 is 0 Å². The van der Waals surface area contributed by atoms with E-state index in [0.717, 1.165) is 19.3 Å². The summed E-state index contributed by atoms with van der Waals surface area (Å²) >= 11 is 5.77. The SMILES string of the molecule is NCCCCCNC(=O)c1ccc(O)c(O)c1Cl. The predicted octanol–water partition coefficient (Wildman–Crippen LogP) is 1.61. The number of rotatable bonds is 6. The van der Waals surface area contributed by atoms with Crippen molar-refractivity contribution in [2.75, 3.05) is 13.1 Å². The fourth-order valence-electron chi connectivity index (χ4n) is 1.47. The highest BCUT2D eigenvalue weighted by Crippen LogP contribution is 2.35. The molecule has 0 bridgehead atoms. The van der Waals surface area contributed by atoms with Gasteiger partial charge in [-0.2, -0.15) is 0 Å². The van der Waals surface area contributed by atoms with Crippen LogP contribution in [-0.4, -0.2) is 29.2 Å². The third-order valence-corrected chi connectivity index (χ3v) is 2.89. The lowest BCUT2D eigenvalue weighted by molar-refractivity contribution is 0.0952. The van der Waals surface area contributed by atoms with Gasteiger partial charge in [-0.25, -0.2) is 0 Å². The first kappa shape index (κ1) is 14.6. The molecule has 0 aliphatic carbocycles. The van der Waals surface area contributed by atoms with Crippen molar-refractivity contribution in [3.63, 3.8) is 0 Å². The van der Waals surface area contributed by atoms with Crippen LogP contribution in [0.3, 0.4) is 0 Å². The molecule has 0 heterocycles. The van der Waals surface area contributed by atoms with E-state index < -0.39 is 5.75 Å². The van der Waals surface area contributed by atoms with Crippen molar-refractivity contribution in [2.24, 2.45) is 5.73 Å². The van der Waals surface area contributed by atoms with E-state index in [1.807, 2.05) is 0 Å². The minimum absolute atomic E-state index is 0.144. The largest absolute Gasteiger partial charge is 0.504 e. The summed E-state index contributed by atoms with van der Waals surface area (Å²) in [7, 11) is 0. The number of hydrogen-bond acceptors (Lipinski definition) is 4. The van der Waals surface area contributed by atoms with Crippen LogP contribution in [0.1, 0.15) is 29.6 Å². The molecular weight excluding hydrogens is 256 g/mol. The number of phenolic OH excluding ortho intramolecular Hbond substituents is 2. The van der Waals surface area contributed by atoms with E-state index in [1.54, 1.807) is 0 Å². The Morgan fingerprint density at radius 1 is 1.28 bits per heavy atom. The zero-order chi connectivity index (χ0) is 13.5. The van der Waals surface area contributed by atoms with Crippen molar-refractivity contribution in [3.05, 3.63) is 22.7 Å². The van der Waals surface area contributed by atoms with Gasteiger partial charge in [-0.05, 0) is 31.5 Å². The molecule has 0 fully saturated rings. The lowest BCUT2D eigenvalue weighted by Crippen LogP contribution is -2.24. The Hall–Kier alpha value is -1.46. The standard InChI is InChI=1S/C12H17ClN2O3/c13-10-8(4-5-9(16)11(10)17)12(18)15-7-3-1-2-6-14/h4-5,16-17H,1-3,6-7,14H2,(H,15,18). The van der Waals surface area contributed by atoms with Gasteiger partial charge in [0.1, 0.15) is 0 Å². The lowest BCUT2D eigenvalue weighted by Gasteiger charge is -2.08. The highest BCUT2D eigenvalue weighted by Gasteiger charge is 2.15. The maximum Gasteiger partial charge on any atom is 0.252 e. The van der Waals surface area contributed by atoms with Crippen LogP contribution in [0, 0.1) is 0 Å². The van der Waals surface area contributed by atoms with Crippen LogP contribution in [0.2, 0.25) is 5.02 Å². The summed E-state index contributed by atoms with van der Waals surface area (Å²) in [5.74, 6) is -1.20. The van der Waals surface area contributed by atoms with E-state index in [4.69, 9.17) is 17.3 Å².